The fraction of sp³-hybridized carbons (Fsp3) is 0.667. The molecule has 1 rings (SSSR count). The quantitative estimate of drug-likeness (QED) is 0.537. The molecule has 0 unspecified atom stereocenters. The van der Waals surface area contributed by atoms with Crippen molar-refractivity contribution < 1.29 is 9.47 Å². The van der Waals surface area contributed by atoms with Crippen LogP contribution in [0.3, 0.4) is 0 Å². The van der Waals surface area contributed by atoms with E-state index in [1.807, 2.05) is 26.0 Å². The van der Waals surface area contributed by atoms with E-state index in [0.29, 0.717) is 6.61 Å². The topological polar surface area (TPSA) is 30.5 Å². The van der Waals surface area contributed by atoms with Crippen LogP contribution in [0.1, 0.15) is 20.3 Å². The fourth-order valence-electron chi connectivity index (χ4n) is 1.61. The molecule has 1 aliphatic heterocycles. The molecule has 1 heterocycles. The van der Waals surface area contributed by atoms with Crippen molar-refractivity contribution in [3.8, 4) is 0 Å². The van der Waals surface area contributed by atoms with E-state index in [2.05, 4.69) is 18.5 Å². The second-order valence-electron chi connectivity index (χ2n) is 4.16. The van der Waals surface area contributed by atoms with E-state index in [4.69, 9.17) is 9.47 Å². The third-order valence-electron chi connectivity index (χ3n) is 2.41. The van der Waals surface area contributed by atoms with Crippen molar-refractivity contribution in [2.75, 3.05) is 13.2 Å². The maximum Gasteiger partial charge on any atom is 0.163 e. The molecule has 15 heavy (non-hydrogen) atoms. The van der Waals surface area contributed by atoms with Gasteiger partial charge in [0.1, 0.15) is 6.10 Å². The first kappa shape index (κ1) is 12.4. The van der Waals surface area contributed by atoms with Gasteiger partial charge in [-0.25, -0.2) is 0 Å². The smallest absolute Gasteiger partial charge is 0.163 e. The Morgan fingerprint density at radius 3 is 2.73 bits per heavy atom. The van der Waals surface area contributed by atoms with Gasteiger partial charge in [-0.1, -0.05) is 12.2 Å². The Morgan fingerprint density at radius 2 is 2.27 bits per heavy atom. The predicted molar refractivity (Wildman–Crippen MR) is 61.7 cm³/mol. The molecule has 1 N–H and O–H groups in total. The van der Waals surface area contributed by atoms with Gasteiger partial charge < -0.3 is 14.8 Å². The number of ether oxygens (including phenoxy) is 2. The molecule has 0 aliphatic carbocycles. The second kappa shape index (κ2) is 5.45. The molecule has 2 atom stereocenters. The summed E-state index contributed by atoms with van der Waals surface area (Å²) in [6.07, 6.45) is 4.77. The van der Waals surface area contributed by atoms with E-state index in [0.717, 1.165) is 13.0 Å². The van der Waals surface area contributed by atoms with E-state index in [-0.39, 0.29) is 12.1 Å². The summed E-state index contributed by atoms with van der Waals surface area (Å²) in [6.45, 7) is 12.9. The molecule has 0 saturated carbocycles. The SMILES string of the molecule is C=CCCN[C@@H](C=C)[C@H]1COC(C)(C)O1. The van der Waals surface area contributed by atoms with Crippen LogP contribution in [-0.4, -0.2) is 31.1 Å². The van der Waals surface area contributed by atoms with Crippen molar-refractivity contribution >= 4 is 0 Å². The Balaban J connectivity index is 2.38. The van der Waals surface area contributed by atoms with Gasteiger partial charge in [0.25, 0.3) is 0 Å². The van der Waals surface area contributed by atoms with Gasteiger partial charge in [-0.2, -0.15) is 0 Å². The summed E-state index contributed by atoms with van der Waals surface area (Å²) in [4.78, 5) is 0. The Kier molecular flexibility index (Phi) is 4.51. The zero-order chi connectivity index (χ0) is 11.3. The molecule has 1 fully saturated rings. The van der Waals surface area contributed by atoms with Crippen LogP contribution in [0.15, 0.2) is 25.3 Å². The van der Waals surface area contributed by atoms with Crippen LogP contribution in [-0.2, 0) is 9.47 Å². The van der Waals surface area contributed by atoms with Crippen molar-refractivity contribution in [3.05, 3.63) is 25.3 Å². The van der Waals surface area contributed by atoms with Crippen LogP contribution < -0.4 is 5.32 Å². The van der Waals surface area contributed by atoms with Crippen molar-refractivity contribution in [1.82, 2.24) is 5.32 Å². The van der Waals surface area contributed by atoms with Crippen molar-refractivity contribution in [2.45, 2.75) is 38.2 Å². The molecular formula is C12H21NO2. The van der Waals surface area contributed by atoms with Crippen LogP contribution in [0.2, 0.25) is 0 Å². The Labute approximate surface area is 92.1 Å². The van der Waals surface area contributed by atoms with Crippen LogP contribution >= 0.6 is 0 Å². The highest BCUT2D eigenvalue weighted by Gasteiger charge is 2.35. The number of rotatable bonds is 6. The molecule has 0 aromatic carbocycles. The minimum Gasteiger partial charge on any atom is -0.348 e. The predicted octanol–water partition coefficient (Wildman–Crippen LogP) is 1.86. The number of nitrogens with one attached hydrogen (secondary N) is 1. The van der Waals surface area contributed by atoms with Crippen molar-refractivity contribution in [3.63, 3.8) is 0 Å². The molecule has 1 aliphatic rings. The minimum absolute atomic E-state index is 0.0577. The van der Waals surface area contributed by atoms with Crippen LogP contribution in [0.5, 0.6) is 0 Å². The zero-order valence-corrected chi connectivity index (χ0v) is 9.66. The molecule has 86 valence electrons. The highest BCUT2D eigenvalue weighted by atomic mass is 16.7. The first-order valence-electron chi connectivity index (χ1n) is 5.37. The standard InChI is InChI=1S/C12H21NO2/c1-5-7-8-13-10(6-2)11-9-14-12(3,4)15-11/h5-6,10-11,13H,1-2,7-9H2,3-4H3/t10-,11+/m0/s1. The summed E-state index contributed by atoms with van der Waals surface area (Å²) in [5, 5.41) is 3.36. The van der Waals surface area contributed by atoms with Gasteiger partial charge in [0.05, 0.1) is 12.6 Å². The van der Waals surface area contributed by atoms with Crippen LogP contribution in [0.25, 0.3) is 0 Å². The summed E-state index contributed by atoms with van der Waals surface area (Å²) in [7, 11) is 0. The molecule has 3 heteroatoms. The normalized spacial score (nSPS) is 26.1. The summed E-state index contributed by atoms with van der Waals surface area (Å²) in [5.41, 5.74) is 0. The monoisotopic (exact) mass is 211 g/mol. The lowest BCUT2D eigenvalue weighted by molar-refractivity contribution is -0.140. The number of hydrogen-bond acceptors (Lipinski definition) is 3. The third-order valence-corrected chi connectivity index (χ3v) is 2.41. The third kappa shape index (κ3) is 3.78. The van der Waals surface area contributed by atoms with Gasteiger partial charge >= 0.3 is 0 Å². The van der Waals surface area contributed by atoms with Crippen molar-refractivity contribution in [1.29, 1.82) is 0 Å². The molecule has 0 radical (unpaired) electrons. The number of hydrogen-bond donors (Lipinski definition) is 1. The maximum absolute atomic E-state index is 5.75. The van der Waals surface area contributed by atoms with E-state index in [9.17, 15) is 0 Å². The summed E-state index contributed by atoms with van der Waals surface area (Å²) < 4.78 is 11.3. The summed E-state index contributed by atoms with van der Waals surface area (Å²) in [6, 6.07) is 0.145. The fourth-order valence-corrected chi connectivity index (χ4v) is 1.61. The van der Waals surface area contributed by atoms with Crippen LogP contribution in [0, 0.1) is 0 Å². The lowest BCUT2D eigenvalue weighted by Crippen LogP contribution is -2.40. The van der Waals surface area contributed by atoms with E-state index in [1.165, 1.54) is 0 Å². The largest absolute Gasteiger partial charge is 0.348 e. The molecule has 0 amide bonds. The Hall–Kier alpha value is -0.640. The van der Waals surface area contributed by atoms with Gasteiger partial charge in [0.2, 0.25) is 0 Å². The Morgan fingerprint density at radius 1 is 1.53 bits per heavy atom. The minimum atomic E-state index is -0.466. The molecule has 0 aromatic heterocycles. The van der Waals surface area contributed by atoms with Gasteiger partial charge in [-0.3, -0.25) is 0 Å². The highest BCUT2D eigenvalue weighted by molar-refractivity contribution is 4.95. The molecule has 0 spiro atoms. The summed E-state index contributed by atoms with van der Waals surface area (Å²) >= 11 is 0. The van der Waals surface area contributed by atoms with Gasteiger partial charge in [0.15, 0.2) is 5.79 Å². The zero-order valence-electron chi connectivity index (χ0n) is 9.66. The lowest BCUT2D eigenvalue weighted by atomic mass is 10.1. The van der Waals surface area contributed by atoms with Gasteiger partial charge in [-0.05, 0) is 26.8 Å². The highest BCUT2D eigenvalue weighted by Crippen LogP contribution is 2.24. The molecular weight excluding hydrogens is 190 g/mol. The average Bonchev–Trinajstić information content (AvgIpc) is 2.54. The van der Waals surface area contributed by atoms with E-state index >= 15 is 0 Å². The average molecular weight is 211 g/mol. The Bertz CT molecular complexity index is 226. The van der Waals surface area contributed by atoms with Gasteiger partial charge in [0, 0.05) is 0 Å². The maximum atomic E-state index is 5.75. The van der Waals surface area contributed by atoms with E-state index in [1.54, 1.807) is 0 Å². The van der Waals surface area contributed by atoms with Gasteiger partial charge in [-0.15, -0.1) is 13.2 Å². The lowest BCUT2D eigenvalue weighted by Gasteiger charge is -2.22. The van der Waals surface area contributed by atoms with Crippen molar-refractivity contribution in [2.24, 2.45) is 0 Å². The van der Waals surface area contributed by atoms with Crippen LogP contribution in [0.4, 0.5) is 0 Å². The molecule has 0 aromatic rings. The first-order valence-corrected chi connectivity index (χ1v) is 5.37. The van der Waals surface area contributed by atoms with E-state index < -0.39 is 5.79 Å². The second-order valence-corrected chi connectivity index (χ2v) is 4.16. The molecule has 1 saturated heterocycles. The molecule has 3 nitrogen and oxygen atoms in total. The first-order chi connectivity index (χ1) is 7.09. The molecule has 0 bridgehead atoms. The summed E-state index contributed by atoms with van der Waals surface area (Å²) in [5.74, 6) is -0.466.